The summed E-state index contributed by atoms with van der Waals surface area (Å²) in [4.78, 5) is 20.0. The topological polar surface area (TPSA) is 62.2 Å². The van der Waals surface area contributed by atoms with Crippen molar-refractivity contribution in [3.63, 3.8) is 0 Å². The van der Waals surface area contributed by atoms with Gasteiger partial charge in [-0.2, -0.15) is 0 Å². The van der Waals surface area contributed by atoms with Crippen molar-refractivity contribution in [2.45, 2.75) is 32.4 Å². The summed E-state index contributed by atoms with van der Waals surface area (Å²) in [5.41, 5.74) is 6.24. The minimum atomic E-state index is -0.149. The van der Waals surface area contributed by atoms with Crippen molar-refractivity contribution >= 4 is 55.6 Å². The van der Waals surface area contributed by atoms with Gasteiger partial charge in [0.25, 0.3) is 0 Å². The van der Waals surface area contributed by atoms with Crippen LogP contribution >= 0.6 is 28.1 Å². The average molecular weight is 625 g/mol. The Morgan fingerprint density at radius 2 is 1.76 bits per heavy atom. The van der Waals surface area contributed by atoms with E-state index in [2.05, 4.69) is 85.2 Å². The maximum atomic E-state index is 13.2. The lowest BCUT2D eigenvalue weighted by Gasteiger charge is -2.28. The molecule has 0 unspecified atom stereocenters. The molecule has 0 aliphatic carbocycles. The number of carbonyl (C=O) groups excluding carboxylic acids is 1. The average Bonchev–Trinajstić information content (AvgIpc) is 3.47. The number of rotatable bonds is 7. The quantitative estimate of drug-likeness (QED) is 0.185. The van der Waals surface area contributed by atoms with Crippen LogP contribution in [0.2, 0.25) is 0 Å². The largest absolute Gasteiger partial charge is 0.352 e. The van der Waals surface area contributed by atoms with Crippen LogP contribution in [0, 0.1) is 13.8 Å². The van der Waals surface area contributed by atoms with Gasteiger partial charge in [0.05, 0.1) is 17.8 Å². The predicted molar refractivity (Wildman–Crippen MR) is 172 cm³/mol. The second-order valence-electron chi connectivity index (χ2n) is 10.3. The zero-order chi connectivity index (χ0) is 28.5. The van der Waals surface area contributed by atoms with E-state index in [-0.39, 0.29) is 18.0 Å². The van der Waals surface area contributed by atoms with E-state index in [0.717, 1.165) is 49.3 Å². The van der Waals surface area contributed by atoms with Crippen molar-refractivity contribution in [3.05, 3.63) is 124 Å². The summed E-state index contributed by atoms with van der Waals surface area (Å²) in [6.45, 7) is 4.74. The number of benzene rings is 3. The fourth-order valence-electron chi connectivity index (χ4n) is 5.83. The molecule has 2 N–H and O–H groups in total. The Kier molecular flexibility index (Phi) is 7.60. The lowest BCUT2D eigenvalue weighted by molar-refractivity contribution is -0.116. The van der Waals surface area contributed by atoms with Gasteiger partial charge in [0.1, 0.15) is 0 Å². The van der Waals surface area contributed by atoms with Crippen LogP contribution in [0.3, 0.4) is 0 Å². The highest BCUT2D eigenvalue weighted by atomic mass is 79.9. The zero-order valence-corrected chi connectivity index (χ0v) is 25.2. The number of nitrogens with zero attached hydrogens (tertiary/aromatic N) is 3. The Morgan fingerprint density at radius 1 is 1.00 bits per heavy atom. The van der Waals surface area contributed by atoms with E-state index in [9.17, 15) is 4.79 Å². The first-order valence-corrected chi connectivity index (χ1v) is 14.8. The number of amides is 1. The smallest absolute Gasteiger partial charge is 0.226 e. The van der Waals surface area contributed by atoms with Crippen molar-refractivity contribution in [3.8, 4) is 5.69 Å². The van der Waals surface area contributed by atoms with E-state index in [0.29, 0.717) is 18.1 Å². The third-order valence-corrected chi connectivity index (χ3v) is 8.60. The van der Waals surface area contributed by atoms with Gasteiger partial charge < -0.3 is 20.1 Å². The van der Waals surface area contributed by atoms with E-state index >= 15 is 0 Å². The molecule has 1 amide bonds. The molecule has 41 heavy (non-hydrogen) atoms. The maximum Gasteiger partial charge on any atom is 0.226 e. The summed E-state index contributed by atoms with van der Waals surface area (Å²) in [7, 11) is 0. The SMILES string of the molecule is Cc1cc([C@@H]2[C@H](c3ccccn3)NC(=S)N2CCC(=O)Nc2cccc3ccccc23)c(C)n1-c1ccc(Br)cc1. The van der Waals surface area contributed by atoms with Gasteiger partial charge in [-0.3, -0.25) is 9.78 Å². The molecular formula is C33H30BrN5OS. The van der Waals surface area contributed by atoms with Crippen LogP contribution in [0.1, 0.15) is 41.1 Å². The molecule has 3 heterocycles. The fourth-order valence-corrected chi connectivity index (χ4v) is 6.42. The molecule has 1 aliphatic rings. The number of thiocarbonyl (C=S) groups is 1. The number of aromatic nitrogens is 2. The lowest BCUT2D eigenvalue weighted by atomic mass is 9.96. The highest BCUT2D eigenvalue weighted by molar-refractivity contribution is 9.10. The number of carbonyl (C=O) groups is 1. The Bertz CT molecular complexity index is 1730. The van der Waals surface area contributed by atoms with Gasteiger partial charge in [0, 0.05) is 51.8 Å². The highest BCUT2D eigenvalue weighted by Crippen LogP contribution is 2.41. The Morgan fingerprint density at radius 3 is 2.54 bits per heavy atom. The van der Waals surface area contributed by atoms with Crippen LogP contribution < -0.4 is 10.6 Å². The van der Waals surface area contributed by atoms with Gasteiger partial charge in [-0.05, 0) is 85.5 Å². The zero-order valence-electron chi connectivity index (χ0n) is 22.8. The Labute approximate surface area is 253 Å². The molecule has 1 aliphatic heterocycles. The van der Waals surface area contributed by atoms with Crippen molar-refractivity contribution in [1.29, 1.82) is 0 Å². The van der Waals surface area contributed by atoms with Crippen molar-refractivity contribution in [1.82, 2.24) is 19.8 Å². The minimum Gasteiger partial charge on any atom is -0.352 e. The Balaban J connectivity index is 1.31. The van der Waals surface area contributed by atoms with E-state index in [4.69, 9.17) is 12.2 Å². The molecule has 1 fully saturated rings. The number of pyridine rings is 1. The van der Waals surface area contributed by atoms with Gasteiger partial charge in [-0.25, -0.2) is 0 Å². The molecule has 0 saturated carbocycles. The number of anilines is 1. The number of nitrogens with one attached hydrogen (secondary N) is 2. The van der Waals surface area contributed by atoms with Crippen molar-refractivity contribution < 1.29 is 4.79 Å². The number of halogens is 1. The molecule has 5 aromatic rings. The summed E-state index contributed by atoms with van der Waals surface area (Å²) >= 11 is 9.42. The van der Waals surface area contributed by atoms with Gasteiger partial charge in [0.2, 0.25) is 5.91 Å². The molecule has 2 aromatic heterocycles. The van der Waals surface area contributed by atoms with Crippen molar-refractivity contribution in [2.75, 3.05) is 11.9 Å². The summed E-state index contributed by atoms with van der Waals surface area (Å²) < 4.78 is 3.31. The van der Waals surface area contributed by atoms with Crippen LogP contribution in [0.5, 0.6) is 0 Å². The highest BCUT2D eigenvalue weighted by Gasteiger charge is 2.41. The first-order chi connectivity index (χ1) is 19.9. The second-order valence-corrected chi connectivity index (χ2v) is 11.6. The van der Waals surface area contributed by atoms with Gasteiger partial charge >= 0.3 is 0 Å². The fraction of sp³-hybridized carbons (Fsp3) is 0.182. The summed E-state index contributed by atoms with van der Waals surface area (Å²) in [6.07, 6.45) is 2.10. The molecule has 8 heteroatoms. The van der Waals surface area contributed by atoms with E-state index in [1.54, 1.807) is 0 Å². The molecule has 2 atom stereocenters. The molecule has 0 bridgehead atoms. The number of fused-ring (bicyclic) bond motifs is 1. The van der Waals surface area contributed by atoms with Gasteiger partial charge in [0.15, 0.2) is 5.11 Å². The number of hydrogen-bond donors (Lipinski definition) is 2. The molecule has 206 valence electrons. The predicted octanol–water partition coefficient (Wildman–Crippen LogP) is 7.41. The van der Waals surface area contributed by atoms with Crippen LogP contribution in [-0.2, 0) is 4.79 Å². The molecule has 0 spiro atoms. The van der Waals surface area contributed by atoms with Crippen LogP contribution in [0.4, 0.5) is 5.69 Å². The van der Waals surface area contributed by atoms with E-state index < -0.39 is 0 Å². The van der Waals surface area contributed by atoms with Crippen LogP contribution in [-0.4, -0.2) is 32.0 Å². The third kappa shape index (κ3) is 5.37. The third-order valence-electron chi connectivity index (χ3n) is 7.72. The van der Waals surface area contributed by atoms with E-state index in [1.807, 2.05) is 66.9 Å². The van der Waals surface area contributed by atoms with Crippen LogP contribution in [0.25, 0.3) is 16.5 Å². The first-order valence-electron chi connectivity index (χ1n) is 13.6. The van der Waals surface area contributed by atoms with E-state index in [1.165, 1.54) is 0 Å². The Hall–Kier alpha value is -4.01. The summed E-state index contributed by atoms with van der Waals surface area (Å²) in [6, 6.07) is 30.2. The normalized spacial score (nSPS) is 16.7. The molecular weight excluding hydrogens is 594 g/mol. The number of hydrogen-bond acceptors (Lipinski definition) is 3. The van der Waals surface area contributed by atoms with Gasteiger partial charge in [-0.1, -0.05) is 58.4 Å². The second kappa shape index (κ2) is 11.5. The number of aryl methyl sites for hydroxylation is 1. The van der Waals surface area contributed by atoms with Crippen LogP contribution in [0.15, 0.2) is 102 Å². The minimum absolute atomic E-state index is 0.0514. The summed E-state index contributed by atoms with van der Waals surface area (Å²) in [5, 5.41) is 9.38. The molecule has 6 rings (SSSR count). The summed E-state index contributed by atoms with van der Waals surface area (Å²) in [5.74, 6) is -0.0514. The van der Waals surface area contributed by atoms with Crippen molar-refractivity contribution in [2.24, 2.45) is 0 Å². The molecule has 6 nitrogen and oxygen atoms in total. The first kappa shape index (κ1) is 27.2. The maximum absolute atomic E-state index is 13.2. The molecule has 3 aromatic carbocycles. The lowest BCUT2D eigenvalue weighted by Crippen LogP contribution is -2.33. The van der Waals surface area contributed by atoms with Gasteiger partial charge in [-0.15, -0.1) is 0 Å². The standard InChI is InChI=1S/C33H30BrN5OS/c1-21-20-27(22(2)39(21)25-15-13-24(34)14-16-25)32-31(29-11-5-6-18-35-29)37-33(41)38(32)19-17-30(40)36-28-12-7-9-23-8-3-4-10-26(23)28/h3-16,18,20,31-32H,17,19H2,1-2H3,(H,36,40)(H,37,41)/t31-,32+/m0/s1. The molecule has 1 saturated heterocycles. The monoisotopic (exact) mass is 623 g/mol. The molecule has 0 radical (unpaired) electrons.